The molecule has 6 nitrogen and oxygen atoms in total. The third-order valence-electron chi connectivity index (χ3n) is 4.33. The number of alkyl halides is 3. The average molecular weight is 397 g/mol. The second-order valence-electron chi connectivity index (χ2n) is 6.32. The van der Waals surface area contributed by atoms with Gasteiger partial charge in [-0.1, -0.05) is 18.2 Å². The van der Waals surface area contributed by atoms with Crippen molar-refractivity contribution in [1.29, 1.82) is 0 Å². The first-order valence-electron chi connectivity index (χ1n) is 8.58. The normalized spacial score (nSPS) is 11.6. The molecule has 4 aromatic rings. The maximum Gasteiger partial charge on any atom is 0.417 e. The summed E-state index contributed by atoms with van der Waals surface area (Å²) in [5, 5.41) is 6.98. The van der Waals surface area contributed by atoms with Crippen molar-refractivity contribution in [3.05, 3.63) is 77.9 Å². The first kappa shape index (κ1) is 18.6. The van der Waals surface area contributed by atoms with E-state index in [9.17, 15) is 18.0 Å². The van der Waals surface area contributed by atoms with E-state index in [0.29, 0.717) is 16.9 Å². The van der Waals surface area contributed by atoms with Crippen LogP contribution in [0.15, 0.2) is 61.1 Å². The average Bonchev–Trinajstić information content (AvgIpc) is 3.13. The van der Waals surface area contributed by atoms with Gasteiger partial charge in [0.2, 0.25) is 0 Å². The number of amides is 1. The van der Waals surface area contributed by atoms with E-state index < -0.39 is 17.6 Å². The van der Waals surface area contributed by atoms with Gasteiger partial charge >= 0.3 is 6.18 Å². The van der Waals surface area contributed by atoms with Gasteiger partial charge in [0.25, 0.3) is 5.91 Å². The summed E-state index contributed by atoms with van der Waals surface area (Å²) in [7, 11) is 0. The fourth-order valence-corrected chi connectivity index (χ4v) is 2.99. The minimum atomic E-state index is -4.53. The molecule has 1 N–H and O–H groups in total. The Bertz CT molecular complexity index is 1200. The summed E-state index contributed by atoms with van der Waals surface area (Å²) in [6.07, 6.45) is -0.139. The highest BCUT2D eigenvalue weighted by Gasteiger charge is 2.34. The number of hydrogen-bond acceptors (Lipinski definition) is 4. The van der Waals surface area contributed by atoms with E-state index in [1.165, 1.54) is 47.4 Å². The quantitative estimate of drug-likeness (QED) is 0.557. The van der Waals surface area contributed by atoms with Gasteiger partial charge in [0.1, 0.15) is 0 Å². The van der Waals surface area contributed by atoms with Crippen molar-refractivity contribution in [3.63, 3.8) is 0 Å². The third kappa shape index (κ3) is 3.54. The molecule has 3 aromatic heterocycles. The van der Waals surface area contributed by atoms with E-state index in [-0.39, 0.29) is 17.0 Å². The molecule has 146 valence electrons. The van der Waals surface area contributed by atoms with Crippen LogP contribution in [0, 0.1) is 6.92 Å². The van der Waals surface area contributed by atoms with E-state index in [0.717, 1.165) is 6.07 Å². The summed E-state index contributed by atoms with van der Waals surface area (Å²) in [5.74, 6) is -0.489. The van der Waals surface area contributed by atoms with Gasteiger partial charge in [0, 0.05) is 23.6 Å². The number of aromatic nitrogens is 4. The summed E-state index contributed by atoms with van der Waals surface area (Å²) in [4.78, 5) is 20.7. The standard InChI is InChI=1S/C20H14F3N5O/c1-12-10-16(14-4-2-3-5-15(14)20(21,22)23)27-28-17(11-25-18(12)28)19(29)26-13-6-8-24-9-7-13/h2-11H,1H3,(H,24,26,29). The highest BCUT2D eigenvalue weighted by Crippen LogP contribution is 2.36. The number of benzene rings is 1. The lowest BCUT2D eigenvalue weighted by Crippen LogP contribution is -2.16. The first-order valence-corrected chi connectivity index (χ1v) is 8.58. The minimum Gasteiger partial charge on any atom is -0.320 e. The zero-order valence-corrected chi connectivity index (χ0v) is 15.1. The van der Waals surface area contributed by atoms with E-state index >= 15 is 0 Å². The van der Waals surface area contributed by atoms with Gasteiger partial charge in [-0.15, -0.1) is 0 Å². The maximum atomic E-state index is 13.4. The molecule has 9 heteroatoms. The van der Waals surface area contributed by atoms with Gasteiger partial charge in [0.15, 0.2) is 11.3 Å². The Balaban J connectivity index is 1.82. The number of carbonyl (C=O) groups excluding carboxylic acids is 1. The zero-order chi connectivity index (χ0) is 20.6. The number of rotatable bonds is 3. The molecule has 0 aliphatic carbocycles. The monoisotopic (exact) mass is 397 g/mol. The van der Waals surface area contributed by atoms with E-state index in [1.807, 2.05) is 0 Å². The number of nitrogens with zero attached hydrogens (tertiary/aromatic N) is 4. The van der Waals surface area contributed by atoms with Crippen LogP contribution in [0.3, 0.4) is 0 Å². The Kier molecular flexibility index (Phi) is 4.50. The van der Waals surface area contributed by atoms with Crippen LogP contribution in [0.5, 0.6) is 0 Å². The summed E-state index contributed by atoms with van der Waals surface area (Å²) in [5.41, 5.74) is 0.835. The third-order valence-corrected chi connectivity index (χ3v) is 4.33. The van der Waals surface area contributed by atoms with Crippen molar-refractivity contribution in [1.82, 2.24) is 19.6 Å². The number of imidazole rings is 1. The van der Waals surface area contributed by atoms with Gasteiger partial charge in [-0.2, -0.15) is 18.3 Å². The fourth-order valence-electron chi connectivity index (χ4n) is 2.99. The van der Waals surface area contributed by atoms with Crippen LogP contribution in [0.25, 0.3) is 16.9 Å². The molecule has 0 fully saturated rings. The van der Waals surface area contributed by atoms with Gasteiger partial charge in [-0.25, -0.2) is 9.50 Å². The maximum absolute atomic E-state index is 13.4. The lowest BCUT2D eigenvalue weighted by Gasteiger charge is -2.13. The Morgan fingerprint density at radius 1 is 1.10 bits per heavy atom. The van der Waals surface area contributed by atoms with Crippen molar-refractivity contribution in [2.24, 2.45) is 0 Å². The highest BCUT2D eigenvalue weighted by molar-refractivity contribution is 6.03. The molecule has 29 heavy (non-hydrogen) atoms. The highest BCUT2D eigenvalue weighted by atomic mass is 19.4. The van der Waals surface area contributed by atoms with Crippen molar-refractivity contribution in [2.45, 2.75) is 13.1 Å². The van der Waals surface area contributed by atoms with E-state index in [1.54, 1.807) is 19.1 Å². The molecule has 1 aromatic carbocycles. The molecular formula is C20H14F3N5O. The van der Waals surface area contributed by atoms with Crippen LogP contribution in [0.4, 0.5) is 18.9 Å². The van der Waals surface area contributed by atoms with Crippen molar-refractivity contribution >= 4 is 17.2 Å². The summed E-state index contributed by atoms with van der Waals surface area (Å²) in [6, 6.07) is 9.94. The number of anilines is 1. The summed E-state index contributed by atoms with van der Waals surface area (Å²) < 4.78 is 41.5. The Hall–Kier alpha value is -3.75. The van der Waals surface area contributed by atoms with Crippen LogP contribution >= 0.6 is 0 Å². The van der Waals surface area contributed by atoms with Crippen LogP contribution in [-0.4, -0.2) is 25.5 Å². The fraction of sp³-hybridized carbons (Fsp3) is 0.100. The number of fused-ring (bicyclic) bond motifs is 1. The van der Waals surface area contributed by atoms with Crippen LogP contribution in [0.2, 0.25) is 0 Å². The smallest absolute Gasteiger partial charge is 0.320 e. The molecule has 0 aliphatic heterocycles. The van der Waals surface area contributed by atoms with Crippen LogP contribution < -0.4 is 5.32 Å². The Morgan fingerprint density at radius 2 is 1.83 bits per heavy atom. The van der Waals surface area contributed by atoms with Crippen LogP contribution in [-0.2, 0) is 6.18 Å². The lowest BCUT2D eigenvalue weighted by molar-refractivity contribution is -0.137. The molecule has 0 saturated carbocycles. The molecule has 1 amide bonds. The van der Waals surface area contributed by atoms with E-state index in [2.05, 4.69) is 20.4 Å². The topological polar surface area (TPSA) is 72.2 Å². The molecule has 0 aliphatic rings. The molecular weight excluding hydrogens is 383 g/mol. The zero-order valence-electron chi connectivity index (χ0n) is 15.1. The second kappa shape index (κ2) is 7.01. The number of nitrogens with one attached hydrogen (secondary N) is 1. The summed E-state index contributed by atoms with van der Waals surface area (Å²) >= 11 is 0. The summed E-state index contributed by atoms with van der Waals surface area (Å²) in [6.45, 7) is 1.70. The van der Waals surface area contributed by atoms with Crippen molar-refractivity contribution < 1.29 is 18.0 Å². The van der Waals surface area contributed by atoms with Gasteiger partial charge in [-0.05, 0) is 36.8 Å². The molecule has 0 radical (unpaired) electrons. The predicted octanol–water partition coefficient (Wildman–Crippen LogP) is 4.37. The minimum absolute atomic E-state index is 0.0702. The Labute approximate surface area is 163 Å². The number of aryl methyl sites for hydroxylation is 1. The second-order valence-corrected chi connectivity index (χ2v) is 6.32. The predicted molar refractivity (Wildman–Crippen MR) is 100 cm³/mol. The molecule has 4 rings (SSSR count). The first-order chi connectivity index (χ1) is 13.8. The molecule has 0 saturated heterocycles. The van der Waals surface area contributed by atoms with Crippen molar-refractivity contribution in [2.75, 3.05) is 5.32 Å². The number of pyridine rings is 1. The molecule has 0 atom stereocenters. The van der Waals surface area contributed by atoms with E-state index in [4.69, 9.17) is 0 Å². The van der Waals surface area contributed by atoms with Gasteiger partial charge < -0.3 is 5.32 Å². The molecule has 0 bridgehead atoms. The van der Waals surface area contributed by atoms with Gasteiger partial charge in [-0.3, -0.25) is 9.78 Å². The van der Waals surface area contributed by atoms with Crippen LogP contribution in [0.1, 0.15) is 21.6 Å². The molecule has 0 unspecified atom stereocenters. The van der Waals surface area contributed by atoms with Gasteiger partial charge in [0.05, 0.1) is 17.5 Å². The van der Waals surface area contributed by atoms with Crippen molar-refractivity contribution in [3.8, 4) is 11.3 Å². The lowest BCUT2D eigenvalue weighted by atomic mass is 10.0. The SMILES string of the molecule is Cc1cc(-c2ccccc2C(F)(F)F)nn2c(C(=O)Nc3ccncc3)cnc12. The number of carbonyl (C=O) groups is 1. The number of hydrogen-bond donors (Lipinski definition) is 1. The molecule has 0 spiro atoms. The number of halogens is 3. The molecule has 3 heterocycles. The largest absolute Gasteiger partial charge is 0.417 e. The Morgan fingerprint density at radius 3 is 2.55 bits per heavy atom.